The van der Waals surface area contributed by atoms with E-state index in [-0.39, 0.29) is 29.2 Å². The summed E-state index contributed by atoms with van der Waals surface area (Å²) in [6.07, 6.45) is 0. The molecule has 0 bridgehead atoms. The van der Waals surface area contributed by atoms with Gasteiger partial charge in [-0.2, -0.15) is 0 Å². The predicted molar refractivity (Wildman–Crippen MR) is 179 cm³/mol. The van der Waals surface area contributed by atoms with Gasteiger partial charge in [0.25, 0.3) is 5.91 Å². The zero-order chi connectivity index (χ0) is 31.9. The molecule has 3 amide bonds. The van der Waals surface area contributed by atoms with Crippen LogP contribution in [0, 0.1) is 12.8 Å². The maximum atomic E-state index is 14.0. The molecule has 3 atom stereocenters. The maximum Gasteiger partial charge on any atom is 0.305 e. The Bertz CT molecular complexity index is 2050. The van der Waals surface area contributed by atoms with E-state index in [2.05, 4.69) is 10.3 Å². The molecule has 5 aromatic rings. The summed E-state index contributed by atoms with van der Waals surface area (Å²) in [5.41, 5.74) is 2.93. The van der Waals surface area contributed by atoms with Crippen LogP contribution in [0.2, 0.25) is 0 Å². The summed E-state index contributed by atoms with van der Waals surface area (Å²) in [7, 11) is 0. The van der Waals surface area contributed by atoms with E-state index in [0.29, 0.717) is 44.9 Å². The average molecular weight is 652 g/mol. The maximum absolute atomic E-state index is 14.0. The lowest BCUT2D eigenvalue weighted by molar-refractivity contribution is -0.122. The third-order valence-electron chi connectivity index (χ3n) is 8.17. The number of thiazole rings is 1. The number of thioether (sulfide) groups is 1. The van der Waals surface area contributed by atoms with E-state index in [1.54, 1.807) is 30.3 Å². The number of hydrogen-bond acceptors (Lipinski definition) is 8. The van der Waals surface area contributed by atoms with Gasteiger partial charge in [0.05, 0.1) is 23.2 Å². The number of anilines is 2. The van der Waals surface area contributed by atoms with Gasteiger partial charge in [-0.15, -0.1) is 0 Å². The van der Waals surface area contributed by atoms with Gasteiger partial charge in [-0.3, -0.25) is 19.2 Å². The quantitative estimate of drug-likeness (QED) is 0.195. The fourth-order valence-electron chi connectivity index (χ4n) is 6.09. The van der Waals surface area contributed by atoms with Gasteiger partial charge in [-0.25, -0.2) is 4.90 Å². The molecule has 4 aromatic carbocycles. The Kier molecular flexibility index (Phi) is 7.87. The number of H-pyrrole nitrogens is 1. The van der Waals surface area contributed by atoms with Crippen LogP contribution in [-0.2, 0) is 14.4 Å². The fourth-order valence-corrected chi connectivity index (χ4v) is 8.61. The van der Waals surface area contributed by atoms with Gasteiger partial charge in [0.2, 0.25) is 11.8 Å². The number of ether oxygens (including phenoxy) is 2. The number of imide groups is 1. The number of aromatic amines is 1. The minimum Gasteiger partial charge on any atom is -0.490 e. The van der Waals surface area contributed by atoms with Gasteiger partial charge in [-0.05, 0) is 55.1 Å². The Balaban J connectivity index is 1.18. The molecule has 2 aliphatic heterocycles. The third kappa shape index (κ3) is 5.35. The van der Waals surface area contributed by atoms with E-state index in [1.165, 1.54) is 16.7 Å². The van der Waals surface area contributed by atoms with Crippen molar-refractivity contribution in [2.24, 2.45) is 5.92 Å². The number of aryl methyl sites for hydroxylation is 1. The molecule has 0 aliphatic carbocycles. The largest absolute Gasteiger partial charge is 0.490 e. The monoisotopic (exact) mass is 651 g/mol. The Hall–Kier alpha value is -4.87. The number of carbonyl (C=O) groups excluding carboxylic acids is 3. The standard InChI is InChI=1S/C35H29N3O6S2/c1-3-43-26-17-21(13-16-25(26)44-18-27(39)36-24-10-6-8-20-7-4-5-9-23(20)24)28-29-31(45-32-30(28)46-35(42)37-32)34(41)38(33(29)40)22-14-11-19(2)12-15-22/h4-17,28-29,31H,3,18H2,1-2H3,(H,36,39)(H,37,42). The Morgan fingerprint density at radius 3 is 2.50 bits per heavy atom. The van der Waals surface area contributed by atoms with Crippen molar-refractivity contribution in [2.75, 3.05) is 23.4 Å². The van der Waals surface area contributed by atoms with Gasteiger partial charge in [-0.1, -0.05) is 83.3 Å². The van der Waals surface area contributed by atoms with E-state index < -0.39 is 17.1 Å². The highest BCUT2D eigenvalue weighted by Gasteiger charge is 2.56. The molecule has 3 heterocycles. The topological polar surface area (TPSA) is 118 Å². The van der Waals surface area contributed by atoms with E-state index in [0.717, 1.165) is 27.7 Å². The van der Waals surface area contributed by atoms with E-state index in [4.69, 9.17) is 9.47 Å². The van der Waals surface area contributed by atoms with Crippen LogP contribution < -0.4 is 24.6 Å². The molecule has 3 unspecified atom stereocenters. The Morgan fingerprint density at radius 1 is 0.913 bits per heavy atom. The zero-order valence-electron chi connectivity index (χ0n) is 24.9. The highest BCUT2D eigenvalue weighted by Crippen LogP contribution is 2.53. The van der Waals surface area contributed by atoms with Crippen molar-refractivity contribution in [3.63, 3.8) is 0 Å². The fraction of sp³-hybridized carbons (Fsp3) is 0.200. The molecule has 2 aliphatic rings. The molecule has 1 saturated heterocycles. The van der Waals surface area contributed by atoms with Gasteiger partial charge >= 0.3 is 4.87 Å². The molecule has 0 saturated carbocycles. The SMILES string of the molecule is CCOc1cc(C2c3sc(=O)[nH]c3SC3C(=O)N(c4ccc(C)cc4)C(=O)C32)ccc1OCC(=O)Nc1cccc2ccccc12. The van der Waals surface area contributed by atoms with E-state index >= 15 is 0 Å². The van der Waals surface area contributed by atoms with Crippen LogP contribution in [0.1, 0.15) is 28.8 Å². The van der Waals surface area contributed by atoms with Crippen LogP contribution in [-0.4, -0.2) is 41.2 Å². The Morgan fingerprint density at radius 2 is 1.70 bits per heavy atom. The number of benzene rings is 4. The molecule has 11 heteroatoms. The normalized spacial score (nSPS) is 18.7. The van der Waals surface area contributed by atoms with Crippen LogP contribution in [0.25, 0.3) is 10.8 Å². The summed E-state index contributed by atoms with van der Waals surface area (Å²) in [5, 5.41) is 4.75. The number of hydrogen-bond donors (Lipinski definition) is 2. The molecule has 232 valence electrons. The molecular weight excluding hydrogens is 623 g/mol. The van der Waals surface area contributed by atoms with Crippen molar-refractivity contribution in [1.82, 2.24) is 4.98 Å². The highest BCUT2D eigenvalue weighted by molar-refractivity contribution is 8.00. The summed E-state index contributed by atoms with van der Waals surface area (Å²) >= 11 is 2.28. The van der Waals surface area contributed by atoms with Gasteiger partial charge in [0.15, 0.2) is 18.1 Å². The van der Waals surface area contributed by atoms with Crippen LogP contribution in [0.4, 0.5) is 11.4 Å². The molecule has 9 nitrogen and oxygen atoms in total. The zero-order valence-corrected chi connectivity index (χ0v) is 26.6. The van der Waals surface area contributed by atoms with E-state index in [9.17, 15) is 19.2 Å². The lowest BCUT2D eigenvalue weighted by Crippen LogP contribution is -2.32. The van der Waals surface area contributed by atoms with Gasteiger partial charge < -0.3 is 19.8 Å². The third-order valence-corrected chi connectivity index (χ3v) is 10.6. The van der Waals surface area contributed by atoms with Gasteiger partial charge in [0, 0.05) is 21.9 Å². The van der Waals surface area contributed by atoms with Crippen LogP contribution in [0.15, 0.2) is 94.7 Å². The second-order valence-electron chi connectivity index (χ2n) is 11.1. The molecule has 0 radical (unpaired) electrons. The number of fused-ring (bicyclic) bond motifs is 3. The first-order valence-corrected chi connectivity index (χ1v) is 16.5. The summed E-state index contributed by atoms with van der Waals surface area (Å²) in [6.45, 7) is 3.86. The summed E-state index contributed by atoms with van der Waals surface area (Å²) in [6, 6.07) is 26.1. The lowest BCUT2D eigenvalue weighted by Gasteiger charge is -2.30. The lowest BCUT2D eigenvalue weighted by atomic mass is 9.83. The van der Waals surface area contributed by atoms with Crippen LogP contribution in [0.3, 0.4) is 0 Å². The average Bonchev–Trinajstić information content (AvgIpc) is 3.55. The Labute approximate surface area is 272 Å². The first-order chi connectivity index (χ1) is 22.3. The van der Waals surface area contributed by atoms with E-state index in [1.807, 2.05) is 68.4 Å². The number of carbonyl (C=O) groups is 3. The molecule has 1 fully saturated rings. The molecule has 1 aromatic heterocycles. The molecule has 7 rings (SSSR count). The smallest absolute Gasteiger partial charge is 0.305 e. The first-order valence-electron chi connectivity index (χ1n) is 14.8. The summed E-state index contributed by atoms with van der Waals surface area (Å²) < 4.78 is 11.9. The second kappa shape index (κ2) is 12.1. The van der Waals surface area contributed by atoms with Crippen molar-refractivity contribution < 1.29 is 23.9 Å². The van der Waals surface area contributed by atoms with Crippen molar-refractivity contribution in [1.29, 1.82) is 0 Å². The molecule has 46 heavy (non-hydrogen) atoms. The number of rotatable bonds is 8. The van der Waals surface area contributed by atoms with Crippen molar-refractivity contribution in [3.05, 3.63) is 111 Å². The molecule has 2 N–H and O–H groups in total. The minimum atomic E-state index is -0.731. The number of nitrogens with zero attached hydrogens (tertiary/aromatic N) is 1. The van der Waals surface area contributed by atoms with Crippen molar-refractivity contribution >= 4 is 63.0 Å². The van der Waals surface area contributed by atoms with Crippen LogP contribution >= 0.6 is 23.1 Å². The van der Waals surface area contributed by atoms with Gasteiger partial charge in [0.1, 0.15) is 5.25 Å². The minimum absolute atomic E-state index is 0.250. The number of amides is 3. The molecular formula is C35H29N3O6S2. The predicted octanol–water partition coefficient (Wildman–Crippen LogP) is 6.11. The molecule has 0 spiro atoms. The highest BCUT2D eigenvalue weighted by atomic mass is 32.2. The first kappa shape index (κ1) is 29.8. The second-order valence-corrected chi connectivity index (χ2v) is 13.3. The van der Waals surface area contributed by atoms with Crippen molar-refractivity contribution in [3.8, 4) is 11.5 Å². The van der Waals surface area contributed by atoms with Crippen LogP contribution in [0.5, 0.6) is 11.5 Å². The summed E-state index contributed by atoms with van der Waals surface area (Å²) in [4.78, 5) is 57.8. The number of aromatic nitrogens is 1. The van der Waals surface area contributed by atoms with Crippen molar-refractivity contribution in [2.45, 2.75) is 30.0 Å². The number of nitrogens with one attached hydrogen (secondary N) is 2. The summed E-state index contributed by atoms with van der Waals surface area (Å²) in [5.74, 6) is -1.50.